The van der Waals surface area contributed by atoms with E-state index in [0.29, 0.717) is 0 Å². The molecule has 0 spiro atoms. The van der Waals surface area contributed by atoms with Gasteiger partial charge in [0.2, 0.25) is 0 Å². The van der Waals surface area contributed by atoms with Gasteiger partial charge >= 0.3 is 0 Å². The van der Waals surface area contributed by atoms with Crippen molar-refractivity contribution < 1.29 is 5.11 Å². The highest BCUT2D eigenvalue weighted by molar-refractivity contribution is 5.53. The van der Waals surface area contributed by atoms with Crippen LogP contribution in [0.3, 0.4) is 0 Å². The highest BCUT2D eigenvalue weighted by Gasteiger charge is 2.69. The minimum Gasteiger partial charge on any atom is -0.389 e. The molecule has 4 rings (SSSR count). The zero-order chi connectivity index (χ0) is 22.3. The molecule has 31 heavy (non-hydrogen) atoms. The van der Waals surface area contributed by atoms with Crippen molar-refractivity contribution in [3.63, 3.8) is 0 Å². The van der Waals surface area contributed by atoms with Gasteiger partial charge < -0.3 is 5.11 Å². The Morgan fingerprint density at radius 3 is 1.39 bits per heavy atom. The predicted octanol–water partition coefficient (Wildman–Crippen LogP) is 7.14. The van der Waals surface area contributed by atoms with Crippen molar-refractivity contribution in [3.8, 4) is 0 Å². The SMILES string of the molecule is CC(C)C1(O)CCC(C)(c2ccccc2)C(c2ccccc2)(c2ccccc2)C1(C)C. The lowest BCUT2D eigenvalue weighted by molar-refractivity contribution is -0.180. The fourth-order valence-corrected chi connectivity index (χ4v) is 7.03. The Kier molecular flexibility index (Phi) is 5.38. The molecule has 3 aromatic rings. The molecule has 2 unspecified atom stereocenters. The van der Waals surface area contributed by atoms with Gasteiger partial charge in [0.05, 0.1) is 5.60 Å². The van der Waals surface area contributed by atoms with Crippen LogP contribution in [-0.4, -0.2) is 10.7 Å². The molecule has 2 atom stereocenters. The molecule has 0 aromatic heterocycles. The molecule has 0 heterocycles. The van der Waals surface area contributed by atoms with Crippen molar-refractivity contribution in [3.05, 3.63) is 108 Å². The van der Waals surface area contributed by atoms with Crippen LogP contribution in [0.1, 0.15) is 64.2 Å². The van der Waals surface area contributed by atoms with Crippen LogP contribution >= 0.6 is 0 Å². The lowest BCUT2D eigenvalue weighted by Gasteiger charge is -2.68. The van der Waals surface area contributed by atoms with Crippen molar-refractivity contribution >= 4 is 0 Å². The fraction of sp³-hybridized carbons (Fsp3) is 0.400. The third-order valence-corrected chi connectivity index (χ3v) is 8.63. The van der Waals surface area contributed by atoms with Crippen LogP contribution < -0.4 is 0 Å². The summed E-state index contributed by atoms with van der Waals surface area (Å²) in [7, 11) is 0. The number of benzene rings is 3. The predicted molar refractivity (Wildman–Crippen MR) is 130 cm³/mol. The Hall–Kier alpha value is -2.38. The van der Waals surface area contributed by atoms with Crippen LogP contribution in [0.2, 0.25) is 0 Å². The van der Waals surface area contributed by atoms with Gasteiger partial charge in [0.1, 0.15) is 0 Å². The Balaban J connectivity index is 2.18. The number of hydrogen-bond acceptors (Lipinski definition) is 1. The van der Waals surface area contributed by atoms with Gasteiger partial charge in [0.25, 0.3) is 0 Å². The number of hydrogen-bond donors (Lipinski definition) is 1. The second-order valence-electron chi connectivity index (χ2n) is 10.4. The van der Waals surface area contributed by atoms with E-state index in [1.807, 2.05) is 0 Å². The Labute approximate surface area is 188 Å². The van der Waals surface area contributed by atoms with Crippen molar-refractivity contribution in [2.75, 3.05) is 0 Å². The van der Waals surface area contributed by atoms with Gasteiger partial charge in [-0.25, -0.2) is 0 Å². The molecule has 0 radical (unpaired) electrons. The zero-order valence-corrected chi connectivity index (χ0v) is 19.6. The van der Waals surface area contributed by atoms with Crippen molar-refractivity contribution in [1.29, 1.82) is 0 Å². The summed E-state index contributed by atoms with van der Waals surface area (Å²) in [5.41, 5.74) is 2.05. The summed E-state index contributed by atoms with van der Waals surface area (Å²) in [5.74, 6) is 0.148. The maximum Gasteiger partial charge on any atom is 0.0733 e. The summed E-state index contributed by atoms with van der Waals surface area (Å²) in [4.78, 5) is 0. The molecule has 1 saturated carbocycles. The highest BCUT2D eigenvalue weighted by atomic mass is 16.3. The van der Waals surface area contributed by atoms with Crippen LogP contribution in [-0.2, 0) is 10.8 Å². The van der Waals surface area contributed by atoms with E-state index in [0.717, 1.165) is 12.8 Å². The van der Waals surface area contributed by atoms with Gasteiger partial charge in [-0.1, -0.05) is 126 Å². The smallest absolute Gasteiger partial charge is 0.0733 e. The van der Waals surface area contributed by atoms with Crippen molar-refractivity contribution in [2.45, 2.75) is 63.9 Å². The molecule has 1 aliphatic rings. The largest absolute Gasteiger partial charge is 0.389 e. The average molecular weight is 413 g/mol. The summed E-state index contributed by atoms with van der Waals surface area (Å²) >= 11 is 0. The molecule has 1 heteroatoms. The molecule has 1 aliphatic carbocycles. The normalized spacial score (nSPS) is 27.2. The minimum atomic E-state index is -0.799. The van der Waals surface area contributed by atoms with E-state index >= 15 is 0 Å². The van der Waals surface area contributed by atoms with Crippen LogP contribution in [0, 0.1) is 11.3 Å². The summed E-state index contributed by atoms with van der Waals surface area (Å²) in [6.45, 7) is 11.4. The van der Waals surface area contributed by atoms with E-state index in [2.05, 4.69) is 126 Å². The highest BCUT2D eigenvalue weighted by Crippen LogP contribution is 2.68. The third kappa shape index (κ3) is 2.86. The molecule has 0 aliphatic heterocycles. The van der Waals surface area contributed by atoms with Gasteiger partial charge in [0, 0.05) is 16.2 Å². The Morgan fingerprint density at radius 2 is 1.00 bits per heavy atom. The number of aliphatic hydroxyl groups is 1. The molecular formula is C30H36O. The van der Waals surface area contributed by atoms with Crippen LogP contribution in [0.25, 0.3) is 0 Å². The lowest BCUT2D eigenvalue weighted by atomic mass is 9.36. The first kappa shape index (κ1) is 21.8. The van der Waals surface area contributed by atoms with Gasteiger partial charge in [-0.3, -0.25) is 0 Å². The first-order valence-corrected chi connectivity index (χ1v) is 11.6. The molecule has 0 saturated heterocycles. The number of rotatable bonds is 4. The minimum absolute atomic E-state index is 0.148. The van der Waals surface area contributed by atoms with E-state index in [-0.39, 0.29) is 11.3 Å². The van der Waals surface area contributed by atoms with Crippen molar-refractivity contribution in [2.24, 2.45) is 11.3 Å². The topological polar surface area (TPSA) is 20.2 Å². The summed E-state index contributed by atoms with van der Waals surface area (Å²) in [6, 6.07) is 32.8. The van der Waals surface area contributed by atoms with Crippen LogP contribution in [0.15, 0.2) is 91.0 Å². The van der Waals surface area contributed by atoms with E-state index in [1.165, 1.54) is 16.7 Å². The van der Waals surface area contributed by atoms with E-state index in [4.69, 9.17) is 0 Å². The maximum atomic E-state index is 12.3. The fourth-order valence-electron chi connectivity index (χ4n) is 7.03. The lowest BCUT2D eigenvalue weighted by Crippen LogP contribution is -2.70. The Bertz CT molecular complexity index is 967. The summed E-state index contributed by atoms with van der Waals surface area (Å²) in [6.07, 6.45) is 1.70. The van der Waals surface area contributed by atoms with E-state index in [9.17, 15) is 5.11 Å². The molecule has 0 bridgehead atoms. The monoisotopic (exact) mass is 412 g/mol. The third-order valence-electron chi connectivity index (χ3n) is 8.63. The molecular weight excluding hydrogens is 376 g/mol. The van der Waals surface area contributed by atoms with Gasteiger partial charge in [-0.2, -0.15) is 0 Å². The van der Waals surface area contributed by atoms with Crippen LogP contribution in [0.4, 0.5) is 0 Å². The molecule has 1 nitrogen and oxygen atoms in total. The van der Waals surface area contributed by atoms with Crippen molar-refractivity contribution in [1.82, 2.24) is 0 Å². The quantitative estimate of drug-likeness (QED) is 0.483. The zero-order valence-electron chi connectivity index (χ0n) is 19.6. The van der Waals surface area contributed by atoms with E-state index < -0.39 is 16.4 Å². The molecule has 3 aromatic carbocycles. The average Bonchev–Trinajstić information content (AvgIpc) is 2.79. The van der Waals surface area contributed by atoms with Crippen LogP contribution in [0.5, 0.6) is 0 Å². The second-order valence-corrected chi connectivity index (χ2v) is 10.4. The van der Waals surface area contributed by atoms with Gasteiger partial charge in [-0.15, -0.1) is 0 Å². The second kappa shape index (κ2) is 7.64. The summed E-state index contributed by atoms with van der Waals surface area (Å²) in [5, 5.41) is 12.3. The summed E-state index contributed by atoms with van der Waals surface area (Å²) < 4.78 is 0. The van der Waals surface area contributed by atoms with E-state index in [1.54, 1.807) is 0 Å². The maximum absolute atomic E-state index is 12.3. The molecule has 1 fully saturated rings. The molecule has 0 amide bonds. The van der Waals surface area contributed by atoms with Gasteiger partial charge in [0.15, 0.2) is 0 Å². The first-order valence-electron chi connectivity index (χ1n) is 11.6. The molecule has 162 valence electrons. The Morgan fingerprint density at radius 1 is 0.613 bits per heavy atom. The first-order chi connectivity index (χ1) is 14.7. The molecule has 1 N–H and O–H groups in total. The van der Waals surface area contributed by atoms with Gasteiger partial charge in [-0.05, 0) is 35.4 Å². The standard InChI is InChI=1S/C30H36O/c1-23(2)29(31)22-21-28(5,24-15-9-6-10-16-24)30(27(29,3)4,25-17-11-7-12-18-25)26-19-13-8-14-20-26/h6-20,23,31H,21-22H2,1-5H3.